The van der Waals surface area contributed by atoms with Crippen molar-refractivity contribution in [1.82, 2.24) is 15.1 Å². The Hall–Kier alpha value is -0.610. The van der Waals surface area contributed by atoms with Gasteiger partial charge < -0.3 is 15.1 Å². The molecular weight excluding hydrogens is 214 g/mol. The van der Waals surface area contributed by atoms with E-state index in [0.29, 0.717) is 12.5 Å². The highest BCUT2D eigenvalue weighted by molar-refractivity contribution is 5.76. The van der Waals surface area contributed by atoms with Gasteiger partial charge in [-0.3, -0.25) is 4.79 Å². The second kappa shape index (κ2) is 9.42. The van der Waals surface area contributed by atoms with Gasteiger partial charge in [-0.25, -0.2) is 0 Å². The van der Waals surface area contributed by atoms with E-state index in [9.17, 15) is 4.79 Å². The summed E-state index contributed by atoms with van der Waals surface area (Å²) in [5, 5.41) is 3.27. The highest BCUT2D eigenvalue weighted by Crippen LogP contribution is 1.97. The SMILES string of the molecule is CCN(CCCN(C)C)C(=O)CCNC(C)C. The molecule has 4 heteroatoms. The van der Waals surface area contributed by atoms with E-state index in [4.69, 9.17) is 0 Å². The average Bonchev–Trinajstić information content (AvgIpc) is 2.23. The van der Waals surface area contributed by atoms with Crippen molar-refractivity contribution in [1.29, 1.82) is 0 Å². The van der Waals surface area contributed by atoms with Crippen LogP contribution in [0, 0.1) is 0 Å². The molecule has 0 saturated carbocycles. The van der Waals surface area contributed by atoms with Crippen LogP contribution in [0.25, 0.3) is 0 Å². The first kappa shape index (κ1) is 16.4. The molecule has 0 heterocycles. The average molecular weight is 243 g/mol. The van der Waals surface area contributed by atoms with Gasteiger partial charge in [0.15, 0.2) is 0 Å². The summed E-state index contributed by atoms with van der Waals surface area (Å²) in [5.74, 6) is 0.263. The minimum Gasteiger partial charge on any atom is -0.343 e. The number of hydrogen-bond acceptors (Lipinski definition) is 3. The summed E-state index contributed by atoms with van der Waals surface area (Å²) in [5.41, 5.74) is 0. The van der Waals surface area contributed by atoms with Crippen molar-refractivity contribution in [2.24, 2.45) is 0 Å². The second-order valence-electron chi connectivity index (χ2n) is 4.99. The van der Waals surface area contributed by atoms with E-state index in [-0.39, 0.29) is 5.91 Å². The number of carbonyl (C=O) groups is 1. The molecule has 0 aromatic carbocycles. The van der Waals surface area contributed by atoms with Gasteiger partial charge in [0, 0.05) is 32.1 Å². The summed E-state index contributed by atoms with van der Waals surface area (Å²) in [6, 6.07) is 0.451. The third-order valence-electron chi connectivity index (χ3n) is 2.66. The quantitative estimate of drug-likeness (QED) is 0.660. The summed E-state index contributed by atoms with van der Waals surface area (Å²) in [6.45, 7) is 9.74. The zero-order chi connectivity index (χ0) is 13.3. The number of nitrogens with one attached hydrogen (secondary N) is 1. The molecule has 0 aromatic heterocycles. The molecule has 102 valence electrons. The minimum absolute atomic E-state index is 0.263. The maximum Gasteiger partial charge on any atom is 0.223 e. The first-order valence-corrected chi connectivity index (χ1v) is 6.63. The van der Waals surface area contributed by atoms with Crippen molar-refractivity contribution < 1.29 is 4.79 Å². The topological polar surface area (TPSA) is 35.6 Å². The van der Waals surface area contributed by atoms with E-state index < -0.39 is 0 Å². The zero-order valence-corrected chi connectivity index (χ0v) is 12.1. The van der Waals surface area contributed by atoms with Gasteiger partial charge in [-0.1, -0.05) is 13.8 Å². The molecule has 0 saturated heterocycles. The Labute approximate surface area is 106 Å². The van der Waals surface area contributed by atoms with Gasteiger partial charge >= 0.3 is 0 Å². The fourth-order valence-electron chi connectivity index (χ4n) is 1.66. The summed E-state index contributed by atoms with van der Waals surface area (Å²) < 4.78 is 0. The Morgan fingerprint density at radius 3 is 2.35 bits per heavy atom. The van der Waals surface area contributed by atoms with Crippen molar-refractivity contribution in [2.45, 2.75) is 39.7 Å². The van der Waals surface area contributed by atoms with E-state index in [1.54, 1.807) is 0 Å². The van der Waals surface area contributed by atoms with Crippen LogP contribution in [0.1, 0.15) is 33.6 Å². The van der Waals surface area contributed by atoms with Crippen molar-refractivity contribution >= 4 is 5.91 Å². The number of amides is 1. The van der Waals surface area contributed by atoms with E-state index >= 15 is 0 Å². The van der Waals surface area contributed by atoms with Crippen molar-refractivity contribution in [3.63, 3.8) is 0 Å². The number of carbonyl (C=O) groups excluding carboxylic acids is 1. The van der Waals surface area contributed by atoms with Gasteiger partial charge in [0.1, 0.15) is 0 Å². The molecule has 0 unspecified atom stereocenters. The summed E-state index contributed by atoms with van der Waals surface area (Å²) in [6.07, 6.45) is 1.65. The molecule has 0 fully saturated rings. The lowest BCUT2D eigenvalue weighted by Crippen LogP contribution is -2.36. The van der Waals surface area contributed by atoms with Crippen molar-refractivity contribution in [3.8, 4) is 0 Å². The Morgan fingerprint density at radius 1 is 1.24 bits per heavy atom. The van der Waals surface area contributed by atoms with Gasteiger partial charge in [0.2, 0.25) is 5.91 Å². The van der Waals surface area contributed by atoms with Crippen LogP contribution in [-0.2, 0) is 4.79 Å². The standard InChI is InChI=1S/C13H29N3O/c1-6-16(11-7-10-15(4)5)13(17)8-9-14-12(2)3/h12,14H,6-11H2,1-5H3. The molecule has 0 aromatic rings. The Kier molecular flexibility index (Phi) is 9.09. The predicted octanol–water partition coefficient (Wildman–Crippen LogP) is 1.17. The Balaban J connectivity index is 3.79. The molecule has 0 aliphatic carbocycles. The van der Waals surface area contributed by atoms with Crippen LogP contribution in [0.2, 0.25) is 0 Å². The third kappa shape index (κ3) is 9.12. The molecule has 17 heavy (non-hydrogen) atoms. The molecule has 1 N–H and O–H groups in total. The monoisotopic (exact) mass is 243 g/mol. The van der Waals surface area contributed by atoms with E-state index in [2.05, 4.69) is 38.2 Å². The van der Waals surface area contributed by atoms with Crippen molar-refractivity contribution in [2.75, 3.05) is 40.3 Å². The van der Waals surface area contributed by atoms with Crippen LogP contribution in [0.4, 0.5) is 0 Å². The van der Waals surface area contributed by atoms with Crippen LogP contribution < -0.4 is 5.32 Å². The number of nitrogens with zero attached hydrogens (tertiary/aromatic N) is 2. The summed E-state index contributed by atoms with van der Waals surface area (Å²) >= 11 is 0. The predicted molar refractivity (Wildman–Crippen MR) is 73.2 cm³/mol. The second-order valence-corrected chi connectivity index (χ2v) is 4.99. The van der Waals surface area contributed by atoms with E-state index in [1.807, 2.05) is 11.8 Å². The summed E-state index contributed by atoms with van der Waals surface area (Å²) in [4.78, 5) is 16.0. The molecular formula is C13H29N3O. The molecule has 0 atom stereocenters. The van der Waals surface area contributed by atoms with E-state index in [0.717, 1.165) is 32.6 Å². The fourth-order valence-corrected chi connectivity index (χ4v) is 1.66. The van der Waals surface area contributed by atoms with Crippen LogP contribution in [0.15, 0.2) is 0 Å². The van der Waals surface area contributed by atoms with Gasteiger partial charge in [0.05, 0.1) is 0 Å². The largest absolute Gasteiger partial charge is 0.343 e. The molecule has 0 aliphatic heterocycles. The molecule has 4 nitrogen and oxygen atoms in total. The Morgan fingerprint density at radius 2 is 1.88 bits per heavy atom. The maximum atomic E-state index is 11.9. The molecule has 0 radical (unpaired) electrons. The van der Waals surface area contributed by atoms with Gasteiger partial charge in [-0.2, -0.15) is 0 Å². The normalized spacial score (nSPS) is 11.2. The summed E-state index contributed by atoms with van der Waals surface area (Å²) in [7, 11) is 4.12. The first-order chi connectivity index (χ1) is 7.97. The van der Waals surface area contributed by atoms with Crippen molar-refractivity contribution in [3.05, 3.63) is 0 Å². The fraction of sp³-hybridized carbons (Fsp3) is 0.923. The first-order valence-electron chi connectivity index (χ1n) is 6.63. The lowest BCUT2D eigenvalue weighted by Gasteiger charge is -2.22. The Bertz CT molecular complexity index is 205. The highest BCUT2D eigenvalue weighted by Gasteiger charge is 2.10. The van der Waals surface area contributed by atoms with Gasteiger partial charge in [-0.05, 0) is 34.0 Å². The highest BCUT2D eigenvalue weighted by atomic mass is 16.2. The zero-order valence-electron chi connectivity index (χ0n) is 12.1. The van der Waals surface area contributed by atoms with Crippen LogP contribution in [0.3, 0.4) is 0 Å². The lowest BCUT2D eigenvalue weighted by atomic mass is 10.3. The molecule has 0 rings (SSSR count). The number of rotatable bonds is 9. The smallest absolute Gasteiger partial charge is 0.223 e. The lowest BCUT2D eigenvalue weighted by molar-refractivity contribution is -0.131. The van der Waals surface area contributed by atoms with Crippen LogP contribution in [0.5, 0.6) is 0 Å². The molecule has 0 aliphatic rings. The molecule has 0 bridgehead atoms. The van der Waals surface area contributed by atoms with Crippen LogP contribution in [-0.4, -0.2) is 62.0 Å². The molecule has 1 amide bonds. The van der Waals surface area contributed by atoms with Gasteiger partial charge in [0.25, 0.3) is 0 Å². The maximum absolute atomic E-state index is 11.9. The minimum atomic E-state index is 0.263. The number of hydrogen-bond donors (Lipinski definition) is 1. The molecule has 0 spiro atoms. The van der Waals surface area contributed by atoms with Crippen LogP contribution >= 0.6 is 0 Å². The third-order valence-corrected chi connectivity index (χ3v) is 2.66. The van der Waals surface area contributed by atoms with E-state index in [1.165, 1.54) is 0 Å². The van der Waals surface area contributed by atoms with Gasteiger partial charge in [-0.15, -0.1) is 0 Å².